The molecule has 0 amide bonds. The molecule has 2 N–H and O–H groups in total. The quantitative estimate of drug-likeness (QED) is 0.934. The van der Waals surface area contributed by atoms with Crippen molar-refractivity contribution in [2.24, 2.45) is 5.73 Å². The average Bonchev–Trinajstić information content (AvgIpc) is 2.78. The van der Waals surface area contributed by atoms with Crippen LogP contribution in [-0.4, -0.2) is 15.0 Å². The highest BCUT2D eigenvalue weighted by atomic mass is 79.9. The summed E-state index contributed by atoms with van der Waals surface area (Å²) in [6, 6.07) is 5.46. The Balaban J connectivity index is 2.29. The fourth-order valence-electron chi connectivity index (χ4n) is 1.69. The Kier molecular flexibility index (Phi) is 4.37. The Labute approximate surface area is 119 Å². The fourth-order valence-corrected chi connectivity index (χ4v) is 2.55. The molecule has 1 unspecified atom stereocenters. The van der Waals surface area contributed by atoms with Gasteiger partial charge in [0, 0.05) is 9.50 Å². The molecule has 1 atom stereocenters. The molecule has 2 aromatic rings. The van der Waals surface area contributed by atoms with E-state index in [0.717, 1.165) is 28.7 Å². The van der Waals surface area contributed by atoms with Gasteiger partial charge in [-0.3, -0.25) is 0 Å². The highest BCUT2D eigenvalue weighted by Crippen LogP contribution is 2.25. The van der Waals surface area contributed by atoms with E-state index in [4.69, 9.17) is 17.3 Å². The Morgan fingerprint density at radius 2 is 2.28 bits per heavy atom. The van der Waals surface area contributed by atoms with Gasteiger partial charge in [-0.2, -0.15) is 0 Å². The van der Waals surface area contributed by atoms with E-state index in [9.17, 15) is 0 Å². The molecule has 2 rings (SSSR count). The number of nitrogens with zero attached hydrogens (tertiary/aromatic N) is 3. The van der Waals surface area contributed by atoms with Gasteiger partial charge in [0.2, 0.25) is 0 Å². The molecule has 0 fully saturated rings. The van der Waals surface area contributed by atoms with Crippen LogP contribution in [0.3, 0.4) is 0 Å². The summed E-state index contributed by atoms with van der Waals surface area (Å²) in [5.41, 5.74) is 7.71. The van der Waals surface area contributed by atoms with Crippen LogP contribution in [0, 0.1) is 0 Å². The van der Waals surface area contributed by atoms with E-state index >= 15 is 0 Å². The lowest BCUT2D eigenvalue weighted by molar-refractivity contribution is 0.619. The van der Waals surface area contributed by atoms with Gasteiger partial charge in [0.1, 0.15) is 0 Å². The smallest absolute Gasteiger partial charge is 0.0998 e. The first-order valence-corrected chi connectivity index (χ1v) is 6.92. The number of nitrogens with two attached hydrogens (primary N) is 1. The fraction of sp³-hybridized carbons (Fsp3) is 0.333. The zero-order valence-electron chi connectivity index (χ0n) is 9.98. The van der Waals surface area contributed by atoms with Crippen molar-refractivity contribution in [1.82, 2.24) is 15.0 Å². The maximum atomic E-state index is 6.01. The number of benzene rings is 1. The maximum absolute atomic E-state index is 6.01. The first kappa shape index (κ1) is 13.5. The highest BCUT2D eigenvalue weighted by molar-refractivity contribution is 9.10. The van der Waals surface area contributed by atoms with Gasteiger partial charge < -0.3 is 5.73 Å². The van der Waals surface area contributed by atoms with Crippen LogP contribution in [0.4, 0.5) is 0 Å². The van der Waals surface area contributed by atoms with Gasteiger partial charge in [-0.05, 0) is 40.5 Å². The second-order valence-electron chi connectivity index (χ2n) is 4.08. The van der Waals surface area contributed by atoms with E-state index in [1.54, 1.807) is 4.68 Å². The molecule has 1 aromatic heterocycles. The molecular weight excluding hydrogens is 316 g/mol. The number of hydrogen-bond acceptors (Lipinski definition) is 3. The summed E-state index contributed by atoms with van der Waals surface area (Å²) in [6.07, 6.45) is 3.79. The molecule has 1 heterocycles. The van der Waals surface area contributed by atoms with Crippen LogP contribution >= 0.6 is 27.5 Å². The van der Waals surface area contributed by atoms with E-state index in [1.807, 2.05) is 24.4 Å². The summed E-state index contributed by atoms with van der Waals surface area (Å²) in [7, 11) is 0. The molecule has 0 radical (unpaired) electrons. The second kappa shape index (κ2) is 5.82. The van der Waals surface area contributed by atoms with Gasteiger partial charge in [-0.25, -0.2) is 4.68 Å². The SMILES string of the molecule is CCCC(N)c1cn(-c2ccc(Cl)cc2Br)nn1. The number of aromatic nitrogens is 3. The van der Waals surface area contributed by atoms with Crippen LogP contribution in [0.1, 0.15) is 31.5 Å². The molecular formula is C12H14BrClN4. The number of halogens is 2. The molecule has 18 heavy (non-hydrogen) atoms. The lowest BCUT2D eigenvalue weighted by Gasteiger charge is -2.05. The second-order valence-corrected chi connectivity index (χ2v) is 5.37. The van der Waals surface area contributed by atoms with Crippen LogP contribution in [-0.2, 0) is 0 Å². The monoisotopic (exact) mass is 328 g/mol. The third kappa shape index (κ3) is 2.91. The maximum Gasteiger partial charge on any atom is 0.0998 e. The zero-order chi connectivity index (χ0) is 13.1. The van der Waals surface area contributed by atoms with E-state index < -0.39 is 0 Å². The topological polar surface area (TPSA) is 56.7 Å². The highest BCUT2D eigenvalue weighted by Gasteiger charge is 2.11. The molecule has 1 aromatic carbocycles. The molecule has 0 aliphatic carbocycles. The summed E-state index contributed by atoms with van der Waals surface area (Å²) in [5, 5.41) is 8.88. The van der Waals surface area contributed by atoms with Crippen LogP contribution in [0.25, 0.3) is 5.69 Å². The van der Waals surface area contributed by atoms with Crippen LogP contribution in [0.15, 0.2) is 28.9 Å². The lowest BCUT2D eigenvalue weighted by atomic mass is 10.1. The number of hydrogen-bond donors (Lipinski definition) is 1. The normalized spacial score (nSPS) is 12.7. The number of rotatable bonds is 4. The molecule has 96 valence electrons. The average molecular weight is 330 g/mol. The molecule has 0 spiro atoms. The summed E-state index contributed by atoms with van der Waals surface area (Å²) >= 11 is 9.36. The Morgan fingerprint density at radius 3 is 2.94 bits per heavy atom. The lowest BCUT2D eigenvalue weighted by Crippen LogP contribution is -2.10. The molecule has 4 nitrogen and oxygen atoms in total. The van der Waals surface area contributed by atoms with E-state index in [-0.39, 0.29) is 6.04 Å². The van der Waals surface area contributed by atoms with Gasteiger partial charge in [-0.15, -0.1) is 5.10 Å². The first-order chi connectivity index (χ1) is 8.61. The standard InChI is InChI=1S/C12H14BrClN4/c1-2-3-10(15)11-7-18(17-16-11)12-5-4-8(14)6-9(12)13/h4-7,10H,2-3,15H2,1H3. The van der Waals surface area contributed by atoms with Crippen molar-refractivity contribution in [3.05, 3.63) is 39.6 Å². The largest absolute Gasteiger partial charge is 0.323 e. The van der Waals surface area contributed by atoms with Crippen LogP contribution in [0.2, 0.25) is 5.02 Å². The van der Waals surface area contributed by atoms with Crippen molar-refractivity contribution in [2.75, 3.05) is 0 Å². The Morgan fingerprint density at radius 1 is 1.50 bits per heavy atom. The zero-order valence-corrected chi connectivity index (χ0v) is 12.3. The van der Waals surface area contributed by atoms with Crippen molar-refractivity contribution in [3.63, 3.8) is 0 Å². The Bertz CT molecular complexity index is 541. The van der Waals surface area contributed by atoms with Gasteiger partial charge in [0.15, 0.2) is 0 Å². The van der Waals surface area contributed by atoms with Gasteiger partial charge in [0.25, 0.3) is 0 Å². The summed E-state index contributed by atoms with van der Waals surface area (Å²) in [5.74, 6) is 0. The van der Waals surface area contributed by atoms with Gasteiger partial charge in [-0.1, -0.05) is 30.2 Å². The Hall–Kier alpha value is -0.910. The molecule has 0 saturated heterocycles. The predicted octanol–water partition coefficient (Wildman–Crippen LogP) is 3.48. The van der Waals surface area contributed by atoms with Crippen LogP contribution in [0.5, 0.6) is 0 Å². The van der Waals surface area contributed by atoms with Crippen LogP contribution < -0.4 is 5.73 Å². The summed E-state index contributed by atoms with van der Waals surface area (Å²) in [6.45, 7) is 2.10. The minimum absolute atomic E-state index is 0.0603. The minimum Gasteiger partial charge on any atom is -0.323 e. The van der Waals surface area contributed by atoms with E-state index in [2.05, 4.69) is 33.2 Å². The molecule has 0 aliphatic heterocycles. The van der Waals surface area contributed by atoms with E-state index in [0.29, 0.717) is 5.02 Å². The van der Waals surface area contributed by atoms with E-state index in [1.165, 1.54) is 0 Å². The van der Waals surface area contributed by atoms with Crippen molar-refractivity contribution < 1.29 is 0 Å². The van der Waals surface area contributed by atoms with Crippen molar-refractivity contribution in [2.45, 2.75) is 25.8 Å². The van der Waals surface area contributed by atoms with Crippen molar-refractivity contribution >= 4 is 27.5 Å². The third-order valence-electron chi connectivity index (χ3n) is 2.65. The first-order valence-electron chi connectivity index (χ1n) is 5.75. The van der Waals surface area contributed by atoms with Crippen molar-refractivity contribution in [1.29, 1.82) is 0 Å². The molecule has 0 saturated carbocycles. The molecule has 0 aliphatic rings. The van der Waals surface area contributed by atoms with Gasteiger partial charge >= 0.3 is 0 Å². The van der Waals surface area contributed by atoms with Crippen molar-refractivity contribution in [3.8, 4) is 5.69 Å². The third-order valence-corrected chi connectivity index (χ3v) is 3.52. The summed E-state index contributed by atoms with van der Waals surface area (Å²) in [4.78, 5) is 0. The molecule has 6 heteroatoms. The summed E-state index contributed by atoms with van der Waals surface area (Å²) < 4.78 is 2.57. The molecule has 0 bridgehead atoms. The minimum atomic E-state index is -0.0603. The predicted molar refractivity (Wildman–Crippen MR) is 75.9 cm³/mol. The van der Waals surface area contributed by atoms with Gasteiger partial charge in [0.05, 0.1) is 23.6 Å².